The van der Waals surface area contributed by atoms with Crippen molar-refractivity contribution in [2.24, 2.45) is 0 Å². The number of methoxy groups -OCH3 is 1. The van der Waals surface area contributed by atoms with Gasteiger partial charge in [-0.15, -0.1) is 6.42 Å². The van der Waals surface area contributed by atoms with Gasteiger partial charge in [-0.2, -0.15) is 0 Å². The molecule has 0 aromatic heterocycles. The number of hydrogen-bond donors (Lipinski definition) is 1. The number of esters is 1. The highest BCUT2D eigenvalue weighted by Gasteiger charge is 2.37. The summed E-state index contributed by atoms with van der Waals surface area (Å²) >= 11 is 3.42. The van der Waals surface area contributed by atoms with Gasteiger partial charge in [0.1, 0.15) is 5.54 Å². The zero-order valence-electron chi connectivity index (χ0n) is 9.79. The van der Waals surface area contributed by atoms with Gasteiger partial charge in [-0.3, -0.25) is 5.32 Å². The molecule has 0 amide bonds. The second-order valence-electron chi connectivity index (χ2n) is 3.65. The van der Waals surface area contributed by atoms with Crippen molar-refractivity contribution in [3.8, 4) is 12.3 Å². The lowest BCUT2D eigenvalue weighted by molar-refractivity contribution is -0.148. The fourth-order valence-electron chi connectivity index (χ4n) is 1.58. The number of benzene rings is 1. The third-order valence-corrected chi connectivity index (χ3v) is 3.24. The number of halogens is 1. The molecular formula is C13H14BrNO2. The van der Waals surface area contributed by atoms with Crippen molar-refractivity contribution in [3.05, 3.63) is 34.3 Å². The number of carbonyl (C=O) groups is 1. The minimum absolute atomic E-state index is 0.285. The summed E-state index contributed by atoms with van der Waals surface area (Å²) in [6.07, 6.45) is 5.22. The predicted molar refractivity (Wildman–Crippen MR) is 70.3 cm³/mol. The summed E-state index contributed by atoms with van der Waals surface area (Å²) in [5.41, 5.74) is -0.164. The van der Waals surface area contributed by atoms with Gasteiger partial charge in [-0.1, -0.05) is 40.0 Å². The fraction of sp³-hybridized carbons (Fsp3) is 0.308. The molecule has 1 atom stereocenters. The number of nitrogens with one attached hydrogen (secondary N) is 1. The Morgan fingerprint density at radius 1 is 1.59 bits per heavy atom. The summed E-state index contributed by atoms with van der Waals surface area (Å²) in [5, 5.41) is 3.01. The Kier molecular flexibility index (Phi) is 4.73. The molecular weight excluding hydrogens is 282 g/mol. The Balaban J connectivity index is 3.20. The first-order chi connectivity index (χ1) is 8.06. The van der Waals surface area contributed by atoms with Crippen molar-refractivity contribution in [1.29, 1.82) is 0 Å². The van der Waals surface area contributed by atoms with Crippen molar-refractivity contribution in [3.63, 3.8) is 0 Å². The van der Waals surface area contributed by atoms with Gasteiger partial charge in [0.15, 0.2) is 0 Å². The van der Waals surface area contributed by atoms with Gasteiger partial charge in [-0.05, 0) is 18.6 Å². The van der Waals surface area contributed by atoms with Gasteiger partial charge < -0.3 is 4.74 Å². The van der Waals surface area contributed by atoms with Crippen LogP contribution in [-0.4, -0.2) is 19.6 Å². The largest absolute Gasteiger partial charge is 0.467 e. The van der Waals surface area contributed by atoms with E-state index in [4.69, 9.17) is 11.2 Å². The van der Waals surface area contributed by atoms with E-state index in [0.717, 1.165) is 10.0 Å². The summed E-state index contributed by atoms with van der Waals surface area (Å²) in [5.74, 6) is 2.08. The van der Waals surface area contributed by atoms with E-state index in [2.05, 4.69) is 27.2 Å². The highest BCUT2D eigenvalue weighted by atomic mass is 79.9. The van der Waals surface area contributed by atoms with Gasteiger partial charge in [0.25, 0.3) is 0 Å². The molecule has 0 fully saturated rings. The van der Waals surface area contributed by atoms with Crippen molar-refractivity contribution >= 4 is 21.9 Å². The van der Waals surface area contributed by atoms with Crippen LogP contribution in [0.4, 0.5) is 0 Å². The maximum Gasteiger partial charge on any atom is 0.330 e. The lowest BCUT2D eigenvalue weighted by Gasteiger charge is -2.28. The summed E-state index contributed by atoms with van der Waals surface area (Å²) < 4.78 is 5.66. The molecule has 0 spiro atoms. The molecule has 0 bridgehead atoms. The van der Waals surface area contributed by atoms with Crippen molar-refractivity contribution in [2.45, 2.75) is 12.5 Å². The molecule has 0 saturated carbocycles. The van der Waals surface area contributed by atoms with Crippen LogP contribution < -0.4 is 5.32 Å². The highest BCUT2D eigenvalue weighted by Crippen LogP contribution is 2.29. The van der Waals surface area contributed by atoms with Crippen molar-refractivity contribution < 1.29 is 9.53 Å². The van der Waals surface area contributed by atoms with E-state index >= 15 is 0 Å². The fourth-order valence-corrected chi connectivity index (χ4v) is 2.26. The maximum atomic E-state index is 11.9. The van der Waals surface area contributed by atoms with Crippen LogP contribution >= 0.6 is 15.9 Å². The van der Waals surface area contributed by atoms with Crippen LogP contribution in [0.15, 0.2) is 28.7 Å². The summed E-state index contributed by atoms with van der Waals surface area (Å²) in [6, 6.07) is 7.46. The zero-order chi connectivity index (χ0) is 12.9. The topological polar surface area (TPSA) is 38.3 Å². The number of rotatable bonds is 4. The van der Waals surface area contributed by atoms with Crippen molar-refractivity contribution in [1.82, 2.24) is 5.32 Å². The number of carbonyl (C=O) groups excluding carboxylic acids is 1. The molecule has 1 rings (SSSR count). The lowest BCUT2D eigenvalue weighted by Crippen LogP contribution is -2.47. The van der Waals surface area contributed by atoms with E-state index in [1.807, 2.05) is 24.3 Å². The molecule has 0 radical (unpaired) electrons. The van der Waals surface area contributed by atoms with E-state index < -0.39 is 5.54 Å². The van der Waals surface area contributed by atoms with Crippen LogP contribution in [0.25, 0.3) is 0 Å². The van der Waals surface area contributed by atoms with Crippen LogP contribution in [0, 0.1) is 12.3 Å². The lowest BCUT2D eigenvalue weighted by atomic mass is 9.92. The van der Waals surface area contributed by atoms with Crippen LogP contribution in [0.5, 0.6) is 0 Å². The Labute approximate surface area is 110 Å². The summed E-state index contributed by atoms with van der Waals surface area (Å²) in [6.45, 7) is 2.03. The molecule has 1 aromatic rings. The average Bonchev–Trinajstić information content (AvgIpc) is 2.35. The molecule has 1 unspecified atom stereocenters. The molecule has 17 heavy (non-hydrogen) atoms. The minimum Gasteiger partial charge on any atom is -0.467 e. The van der Waals surface area contributed by atoms with Gasteiger partial charge in [0, 0.05) is 4.47 Å². The van der Waals surface area contributed by atoms with E-state index in [9.17, 15) is 4.79 Å². The van der Waals surface area contributed by atoms with Gasteiger partial charge in [0.05, 0.1) is 13.7 Å². The molecule has 0 aliphatic carbocycles. The highest BCUT2D eigenvalue weighted by molar-refractivity contribution is 9.10. The monoisotopic (exact) mass is 295 g/mol. The second-order valence-corrected chi connectivity index (χ2v) is 4.51. The molecule has 0 heterocycles. The van der Waals surface area contributed by atoms with E-state index in [1.54, 1.807) is 6.92 Å². The molecule has 0 aliphatic heterocycles. The molecule has 0 aliphatic rings. The molecule has 90 valence electrons. The molecule has 0 saturated heterocycles. The predicted octanol–water partition coefficient (Wildman–Crippen LogP) is 2.06. The summed E-state index contributed by atoms with van der Waals surface area (Å²) in [4.78, 5) is 11.9. The number of ether oxygens (including phenoxy) is 1. The quantitative estimate of drug-likeness (QED) is 0.683. The van der Waals surface area contributed by atoms with E-state index in [-0.39, 0.29) is 12.5 Å². The standard InChI is InChI=1S/C13H14BrNO2/c1-4-9-15-13(2,12(16)17-3)10-7-5-6-8-11(10)14/h1,5-8,15H,9H2,2-3H3. The first-order valence-corrected chi connectivity index (χ1v) is 5.87. The van der Waals surface area contributed by atoms with Crippen molar-refractivity contribution in [2.75, 3.05) is 13.7 Å². The van der Waals surface area contributed by atoms with Crippen LogP contribution in [0.3, 0.4) is 0 Å². The third kappa shape index (κ3) is 2.87. The van der Waals surface area contributed by atoms with Gasteiger partial charge in [-0.25, -0.2) is 4.79 Å². The van der Waals surface area contributed by atoms with E-state index in [1.165, 1.54) is 7.11 Å². The summed E-state index contributed by atoms with van der Waals surface area (Å²) in [7, 11) is 1.36. The Morgan fingerprint density at radius 2 is 2.24 bits per heavy atom. The first-order valence-electron chi connectivity index (χ1n) is 5.08. The minimum atomic E-state index is -0.957. The SMILES string of the molecule is C#CCNC(C)(C(=O)OC)c1ccccc1Br. The number of terminal acetylenes is 1. The second kappa shape index (κ2) is 5.85. The van der Waals surface area contributed by atoms with Gasteiger partial charge >= 0.3 is 5.97 Å². The van der Waals surface area contributed by atoms with Gasteiger partial charge in [0.2, 0.25) is 0 Å². The van der Waals surface area contributed by atoms with Crippen LogP contribution in [0.2, 0.25) is 0 Å². The smallest absolute Gasteiger partial charge is 0.330 e. The first kappa shape index (κ1) is 13.8. The number of hydrogen-bond acceptors (Lipinski definition) is 3. The third-order valence-electron chi connectivity index (χ3n) is 2.55. The van der Waals surface area contributed by atoms with Crippen LogP contribution in [-0.2, 0) is 15.1 Å². The average molecular weight is 296 g/mol. The zero-order valence-corrected chi connectivity index (χ0v) is 11.4. The molecule has 1 aromatic carbocycles. The normalized spacial score (nSPS) is 13.5. The molecule has 1 N–H and O–H groups in total. The maximum absolute atomic E-state index is 11.9. The Bertz CT molecular complexity index is 453. The Morgan fingerprint density at radius 3 is 2.76 bits per heavy atom. The molecule has 3 nitrogen and oxygen atoms in total. The molecule has 4 heteroatoms. The Hall–Kier alpha value is -1.31. The van der Waals surface area contributed by atoms with E-state index in [0.29, 0.717) is 0 Å². The van der Waals surface area contributed by atoms with Crippen LogP contribution in [0.1, 0.15) is 12.5 Å².